The van der Waals surface area contributed by atoms with Crippen molar-refractivity contribution < 1.29 is 14.2 Å². The van der Waals surface area contributed by atoms with Crippen LogP contribution in [0.25, 0.3) is 0 Å². The lowest BCUT2D eigenvalue weighted by Gasteiger charge is -2.53. The zero-order valence-corrected chi connectivity index (χ0v) is 17.6. The molecule has 2 aliphatic rings. The smallest absolute Gasteiger partial charge is 0.165 e. The molecule has 2 aliphatic heterocycles. The summed E-state index contributed by atoms with van der Waals surface area (Å²) in [5.41, 5.74) is 2.44. The van der Waals surface area contributed by atoms with Gasteiger partial charge in [0.15, 0.2) is 11.5 Å². The van der Waals surface area contributed by atoms with Gasteiger partial charge in [-0.2, -0.15) is 0 Å². The SMILES string of the molecule is COc1cccc(CN2CCC(N3C[C@H](OC)[C@@H]3c3cccnc3)CC2)c1OC. The van der Waals surface area contributed by atoms with Gasteiger partial charge in [0.1, 0.15) is 0 Å². The van der Waals surface area contributed by atoms with E-state index in [1.807, 2.05) is 37.7 Å². The summed E-state index contributed by atoms with van der Waals surface area (Å²) in [6.45, 7) is 4.06. The molecule has 0 unspecified atom stereocenters. The third-order valence-corrected chi connectivity index (χ3v) is 6.33. The van der Waals surface area contributed by atoms with Crippen LogP contribution in [0.3, 0.4) is 0 Å². The monoisotopic (exact) mass is 397 g/mol. The zero-order chi connectivity index (χ0) is 20.2. The summed E-state index contributed by atoms with van der Waals surface area (Å²) in [6, 6.07) is 11.2. The second-order valence-electron chi connectivity index (χ2n) is 7.86. The molecule has 1 aromatic heterocycles. The Hall–Kier alpha value is -2.15. The first-order valence-electron chi connectivity index (χ1n) is 10.4. The Bertz CT molecular complexity index is 793. The molecule has 2 atom stereocenters. The van der Waals surface area contributed by atoms with Crippen molar-refractivity contribution in [2.45, 2.75) is 37.6 Å². The molecular formula is C23H31N3O3. The van der Waals surface area contributed by atoms with E-state index in [1.165, 1.54) is 24.0 Å². The minimum absolute atomic E-state index is 0.262. The Kier molecular flexibility index (Phi) is 6.33. The number of hydrogen-bond donors (Lipinski definition) is 0. The Labute approximate surface area is 173 Å². The lowest BCUT2D eigenvalue weighted by molar-refractivity contribution is -0.117. The maximum atomic E-state index is 5.72. The quantitative estimate of drug-likeness (QED) is 0.715. The van der Waals surface area contributed by atoms with Crippen LogP contribution in [0.2, 0.25) is 0 Å². The van der Waals surface area contributed by atoms with E-state index in [0.29, 0.717) is 12.1 Å². The molecule has 6 nitrogen and oxygen atoms in total. The van der Waals surface area contributed by atoms with Crippen LogP contribution < -0.4 is 9.47 Å². The van der Waals surface area contributed by atoms with Gasteiger partial charge in [0.2, 0.25) is 0 Å². The van der Waals surface area contributed by atoms with Crippen LogP contribution >= 0.6 is 0 Å². The third-order valence-electron chi connectivity index (χ3n) is 6.33. The second kappa shape index (κ2) is 9.11. The van der Waals surface area contributed by atoms with Gasteiger partial charge in [-0.3, -0.25) is 14.8 Å². The summed E-state index contributed by atoms with van der Waals surface area (Å²) in [5.74, 6) is 1.64. The molecule has 0 spiro atoms. The molecule has 0 bridgehead atoms. The van der Waals surface area contributed by atoms with Gasteiger partial charge in [-0.1, -0.05) is 18.2 Å². The fourth-order valence-corrected chi connectivity index (χ4v) is 4.76. The molecule has 3 heterocycles. The molecule has 2 aromatic rings. The minimum atomic E-state index is 0.262. The first-order chi connectivity index (χ1) is 14.2. The molecular weight excluding hydrogens is 366 g/mol. The number of pyridine rings is 1. The van der Waals surface area contributed by atoms with Crippen LogP contribution in [0.1, 0.15) is 30.0 Å². The number of nitrogens with zero attached hydrogens (tertiary/aromatic N) is 3. The van der Waals surface area contributed by atoms with Gasteiger partial charge in [0, 0.05) is 44.2 Å². The van der Waals surface area contributed by atoms with E-state index < -0.39 is 0 Å². The lowest BCUT2D eigenvalue weighted by atomic mass is 9.87. The van der Waals surface area contributed by atoms with Crippen molar-refractivity contribution in [3.05, 3.63) is 53.9 Å². The third kappa shape index (κ3) is 4.10. The van der Waals surface area contributed by atoms with Crippen LogP contribution in [0.5, 0.6) is 11.5 Å². The number of piperidine rings is 1. The average molecular weight is 398 g/mol. The number of likely N-dealkylation sites (tertiary alicyclic amines) is 2. The van der Waals surface area contributed by atoms with Crippen LogP contribution in [0, 0.1) is 0 Å². The molecule has 2 fully saturated rings. The predicted molar refractivity (Wildman–Crippen MR) is 112 cm³/mol. The fourth-order valence-electron chi connectivity index (χ4n) is 4.76. The van der Waals surface area contributed by atoms with Gasteiger partial charge in [-0.25, -0.2) is 0 Å². The van der Waals surface area contributed by atoms with Crippen molar-refractivity contribution >= 4 is 0 Å². The Morgan fingerprint density at radius 2 is 1.86 bits per heavy atom. The molecule has 0 saturated carbocycles. The number of methoxy groups -OCH3 is 3. The first-order valence-corrected chi connectivity index (χ1v) is 10.4. The van der Waals surface area contributed by atoms with Crippen LogP contribution in [0.15, 0.2) is 42.7 Å². The van der Waals surface area contributed by atoms with E-state index in [1.54, 1.807) is 14.2 Å². The van der Waals surface area contributed by atoms with Gasteiger partial charge in [0.25, 0.3) is 0 Å². The molecule has 0 amide bonds. The first kappa shape index (κ1) is 20.1. The van der Waals surface area contributed by atoms with Crippen molar-refractivity contribution in [3.8, 4) is 11.5 Å². The topological polar surface area (TPSA) is 47.1 Å². The molecule has 2 saturated heterocycles. The molecule has 29 heavy (non-hydrogen) atoms. The van der Waals surface area contributed by atoms with Gasteiger partial charge in [-0.05, 0) is 43.6 Å². The summed E-state index contributed by atoms with van der Waals surface area (Å²) in [5, 5.41) is 0. The lowest BCUT2D eigenvalue weighted by Crippen LogP contribution is -2.60. The summed E-state index contributed by atoms with van der Waals surface area (Å²) in [4.78, 5) is 9.43. The van der Waals surface area contributed by atoms with Crippen LogP contribution in [-0.2, 0) is 11.3 Å². The molecule has 0 radical (unpaired) electrons. The van der Waals surface area contributed by atoms with Crippen molar-refractivity contribution in [3.63, 3.8) is 0 Å². The summed E-state index contributed by atoms with van der Waals surface area (Å²) in [7, 11) is 5.21. The largest absolute Gasteiger partial charge is 0.493 e. The summed E-state index contributed by atoms with van der Waals surface area (Å²) < 4.78 is 16.8. The van der Waals surface area contributed by atoms with Crippen LogP contribution in [0.4, 0.5) is 0 Å². The average Bonchev–Trinajstić information content (AvgIpc) is 2.75. The van der Waals surface area contributed by atoms with Gasteiger partial charge >= 0.3 is 0 Å². The fraction of sp³-hybridized carbons (Fsp3) is 0.522. The van der Waals surface area contributed by atoms with E-state index >= 15 is 0 Å². The second-order valence-corrected chi connectivity index (χ2v) is 7.86. The van der Waals surface area contributed by atoms with E-state index in [4.69, 9.17) is 14.2 Å². The number of para-hydroxylation sites is 1. The zero-order valence-electron chi connectivity index (χ0n) is 17.6. The van der Waals surface area contributed by atoms with Gasteiger partial charge in [-0.15, -0.1) is 0 Å². The summed E-state index contributed by atoms with van der Waals surface area (Å²) >= 11 is 0. The Balaban J connectivity index is 1.38. The summed E-state index contributed by atoms with van der Waals surface area (Å²) in [6.07, 6.45) is 6.41. The molecule has 1 aromatic carbocycles. The van der Waals surface area contributed by atoms with E-state index in [0.717, 1.165) is 37.7 Å². The van der Waals surface area contributed by atoms with Crippen molar-refractivity contribution in [2.75, 3.05) is 41.0 Å². The van der Waals surface area contributed by atoms with Gasteiger partial charge < -0.3 is 14.2 Å². The molecule has 156 valence electrons. The van der Waals surface area contributed by atoms with Crippen molar-refractivity contribution in [1.29, 1.82) is 0 Å². The highest BCUT2D eigenvalue weighted by molar-refractivity contribution is 5.46. The number of rotatable bonds is 7. The molecule has 4 rings (SSSR count). The van der Waals surface area contributed by atoms with Crippen molar-refractivity contribution in [2.24, 2.45) is 0 Å². The van der Waals surface area contributed by atoms with E-state index in [2.05, 4.69) is 26.9 Å². The highest BCUT2D eigenvalue weighted by Gasteiger charge is 2.44. The Morgan fingerprint density at radius 3 is 2.52 bits per heavy atom. The number of hydrogen-bond acceptors (Lipinski definition) is 6. The maximum absolute atomic E-state index is 5.72. The number of aromatic nitrogens is 1. The molecule has 6 heteroatoms. The standard InChI is InChI=1S/C23H31N3O3/c1-27-20-8-4-6-18(23(20)29-3)15-25-12-9-19(10-13-25)26-16-21(28-2)22(26)17-7-5-11-24-14-17/h4-8,11,14,19,21-22H,9-10,12-13,15-16H2,1-3H3/t21-,22-/m0/s1. The van der Waals surface area contributed by atoms with E-state index in [9.17, 15) is 0 Å². The highest BCUT2D eigenvalue weighted by atomic mass is 16.5. The number of ether oxygens (including phenoxy) is 3. The van der Waals surface area contributed by atoms with Crippen LogP contribution in [-0.4, -0.2) is 67.9 Å². The number of benzene rings is 1. The predicted octanol–water partition coefficient (Wildman–Crippen LogP) is 3.14. The van der Waals surface area contributed by atoms with E-state index in [-0.39, 0.29) is 6.10 Å². The highest BCUT2D eigenvalue weighted by Crippen LogP contribution is 2.39. The maximum Gasteiger partial charge on any atom is 0.165 e. The molecule has 0 aliphatic carbocycles. The molecule has 0 N–H and O–H groups in total. The minimum Gasteiger partial charge on any atom is -0.493 e. The van der Waals surface area contributed by atoms with Gasteiger partial charge in [0.05, 0.1) is 26.4 Å². The normalized spacial score (nSPS) is 23.6. The van der Waals surface area contributed by atoms with Crippen molar-refractivity contribution in [1.82, 2.24) is 14.8 Å². The Morgan fingerprint density at radius 1 is 1.03 bits per heavy atom.